The van der Waals surface area contributed by atoms with Gasteiger partial charge in [-0.3, -0.25) is 0 Å². The average molecular weight is 264 g/mol. The molecule has 4 heteroatoms. The minimum Gasteiger partial charge on any atom is -0.389 e. The largest absolute Gasteiger partial charge is 0.389 e. The van der Waals surface area contributed by atoms with Gasteiger partial charge in [0.1, 0.15) is 4.99 Å². The lowest BCUT2D eigenvalue weighted by Gasteiger charge is -2.23. The third kappa shape index (κ3) is 2.82. The Balaban J connectivity index is 2.19. The van der Waals surface area contributed by atoms with Gasteiger partial charge in [-0.25, -0.2) is 0 Å². The van der Waals surface area contributed by atoms with Crippen LogP contribution in [0.15, 0.2) is 18.2 Å². The second-order valence-corrected chi connectivity index (χ2v) is 5.36. The zero-order chi connectivity index (χ0) is 13.1. The molecule has 1 aliphatic rings. The van der Waals surface area contributed by atoms with Crippen LogP contribution in [0.4, 0.5) is 5.69 Å². The van der Waals surface area contributed by atoms with Gasteiger partial charge in [0.15, 0.2) is 0 Å². The topological polar surface area (TPSA) is 47.3 Å². The molecule has 3 N–H and O–H groups in total. The Morgan fingerprint density at radius 1 is 1.56 bits per heavy atom. The number of para-hydroxylation sites is 1. The number of aryl methyl sites for hydroxylation is 1. The third-order valence-corrected chi connectivity index (χ3v) is 3.80. The Bertz CT molecular complexity index is 441. The maximum Gasteiger partial charge on any atom is 0.106 e. The van der Waals surface area contributed by atoms with Crippen LogP contribution in [0, 0.1) is 12.8 Å². The number of benzene rings is 1. The second-order valence-electron chi connectivity index (χ2n) is 4.92. The highest BCUT2D eigenvalue weighted by Gasteiger charge is 2.23. The molecule has 1 heterocycles. The van der Waals surface area contributed by atoms with Crippen molar-refractivity contribution in [3.63, 3.8) is 0 Å². The Morgan fingerprint density at radius 2 is 2.33 bits per heavy atom. The summed E-state index contributed by atoms with van der Waals surface area (Å²) in [7, 11) is 0. The van der Waals surface area contributed by atoms with Crippen LogP contribution in [0.25, 0.3) is 0 Å². The van der Waals surface area contributed by atoms with Crippen molar-refractivity contribution < 1.29 is 4.74 Å². The summed E-state index contributed by atoms with van der Waals surface area (Å²) in [6.45, 7) is 5.96. The molecule has 0 spiro atoms. The van der Waals surface area contributed by atoms with Crippen molar-refractivity contribution in [3.8, 4) is 0 Å². The van der Waals surface area contributed by atoms with Crippen LogP contribution in [0.5, 0.6) is 0 Å². The molecule has 0 aromatic heterocycles. The number of ether oxygens (including phenoxy) is 1. The number of hydrogen-bond donors (Lipinski definition) is 2. The van der Waals surface area contributed by atoms with Crippen LogP contribution >= 0.6 is 12.2 Å². The maximum atomic E-state index is 5.78. The van der Waals surface area contributed by atoms with Crippen molar-refractivity contribution >= 4 is 22.9 Å². The highest BCUT2D eigenvalue weighted by atomic mass is 32.1. The molecular weight excluding hydrogens is 244 g/mol. The Morgan fingerprint density at radius 3 is 2.94 bits per heavy atom. The first-order valence-corrected chi connectivity index (χ1v) is 6.74. The quantitative estimate of drug-likeness (QED) is 0.820. The zero-order valence-electron chi connectivity index (χ0n) is 10.9. The summed E-state index contributed by atoms with van der Waals surface area (Å²) in [5, 5.41) is 3.55. The minimum absolute atomic E-state index is 0.363. The van der Waals surface area contributed by atoms with Crippen LogP contribution in [0.3, 0.4) is 0 Å². The predicted octanol–water partition coefficient (Wildman–Crippen LogP) is 2.47. The third-order valence-electron chi connectivity index (χ3n) is 3.58. The van der Waals surface area contributed by atoms with E-state index in [0.29, 0.717) is 16.9 Å². The zero-order valence-corrected chi connectivity index (χ0v) is 11.7. The summed E-state index contributed by atoms with van der Waals surface area (Å²) in [4.78, 5) is 0.441. The standard InChI is InChI=1S/C14H20N2OS/c1-9-4-3-5-12(14(15)18)13(9)16-10(2)11-6-7-17-8-11/h3-5,10-11,16H,6-8H2,1-2H3,(H2,15,18). The highest BCUT2D eigenvalue weighted by molar-refractivity contribution is 7.80. The van der Waals surface area contributed by atoms with E-state index in [0.717, 1.165) is 30.9 Å². The molecule has 98 valence electrons. The van der Waals surface area contributed by atoms with Gasteiger partial charge < -0.3 is 15.8 Å². The Hall–Kier alpha value is -1.13. The van der Waals surface area contributed by atoms with Crippen LogP contribution in [0.1, 0.15) is 24.5 Å². The van der Waals surface area contributed by atoms with Gasteiger partial charge in [0, 0.05) is 29.8 Å². The second kappa shape index (κ2) is 5.67. The van der Waals surface area contributed by atoms with Crippen molar-refractivity contribution in [2.45, 2.75) is 26.3 Å². The Labute approximate surface area is 114 Å². The summed E-state index contributed by atoms with van der Waals surface area (Å²) in [6.07, 6.45) is 1.11. The molecule has 0 radical (unpaired) electrons. The summed E-state index contributed by atoms with van der Waals surface area (Å²) in [5.74, 6) is 0.559. The molecule has 1 aliphatic heterocycles. The van der Waals surface area contributed by atoms with Crippen molar-refractivity contribution in [1.82, 2.24) is 0 Å². The van der Waals surface area contributed by atoms with E-state index < -0.39 is 0 Å². The van der Waals surface area contributed by atoms with E-state index in [1.165, 1.54) is 5.56 Å². The smallest absolute Gasteiger partial charge is 0.106 e. The molecule has 3 nitrogen and oxygen atoms in total. The summed E-state index contributed by atoms with van der Waals surface area (Å²) in [5.41, 5.74) is 8.94. The average Bonchev–Trinajstić information content (AvgIpc) is 2.85. The van der Waals surface area contributed by atoms with Gasteiger partial charge in [0.2, 0.25) is 0 Å². The summed E-state index contributed by atoms with van der Waals surface area (Å²) < 4.78 is 5.43. The molecule has 18 heavy (non-hydrogen) atoms. The van der Waals surface area contributed by atoms with E-state index in [9.17, 15) is 0 Å². The van der Waals surface area contributed by atoms with E-state index >= 15 is 0 Å². The Kier molecular flexibility index (Phi) is 4.19. The highest BCUT2D eigenvalue weighted by Crippen LogP contribution is 2.25. The van der Waals surface area contributed by atoms with Crippen molar-refractivity contribution in [3.05, 3.63) is 29.3 Å². The van der Waals surface area contributed by atoms with Crippen molar-refractivity contribution in [2.75, 3.05) is 18.5 Å². The van der Waals surface area contributed by atoms with Crippen LogP contribution < -0.4 is 11.1 Å². The fraction of sp³-hybridized carbons (Fsp3) is 0.500. The van der Waals surface area contributed by atoms with E-state index in [1.807, 2.05) is 12.1 Å². The molecule has 0 aliphatic carbocycles. The molecule has 0 amide bonds. The molecule has 1 fully saturated rings. The molecule has 2 unspecified atom stereocenters. The SMILES string of the molecule is Cc1cccc(C(N)=S)c1NC(C)C1CCOC1. The van der Waals surface area contributed by atoms with Crippen LogP contribution in [0.2, 0.25) is 0 Å². The minimum atomic E-state index is 0.363. The van der Waals surface area contributed by atoms with E-state index in [4.69, 9.17) is 22.7 Å². The molecule has 1 saturated heterocycles. The summed E-state index contributed by atoms with van der Waals surface area (Å²) >= 11 is 5.11. The molecular formula is C14H20N2OS. The van der Waals surface area contributed by atoms with Gasteiger partial charge in [-0.2, -0.15) is 0 Å². The lowest BCUT2D eigenvalue weighted by Crippen LogP contribution is -2.28. The fourth-order valence-corrected chi connectivity index (χ4v) is 2.53. The van der Waals surface area contributed by atoms with Gasteiger partial charge >= 0.3 is 0 Å². The van der Waals surface area contributed by atoms with E-state index in [2.05, 4.69) is 25.2 Å². The van der Waals surface area contributed by atoms with Gasteiger partial charge in [-0.05, 0) is 31.9 Å². The van der Waals surface area contributed by atoms with Gasteiger partial charge in [0.05, 0.1) is 6.61 Å². The van der Waals surface area contributed by atoms with Crippen LogP contribution in [-0.2, 0) is 4.74 Å². The predicted molar refractivity (Wildman–Crippen MR) is 79.1 cm³/mol. The lowest BCUT2D eigenvalue weighted by molar-refractivity contribution is 0.183. The van der Waals surface area contributed by atoms with Crippen LogP contribution in [-0.4, -0.2) is 24.2 Å². The fourth-order valence-electron chi connectivity index (χ4n) is 2.36. The number of nitrogens with two attached hydrogens (primary N) is 1. The first-order valence-electron chi connectivity index (χ1n) is 6.33. The number of hydrogen-bond acceptors (Lipinski definition) is 3. The lowest BCUT2D eigenvalue weighted by atomic mass is 9.99. The number of rotatable bonds is 4. The first kappa shape index (κ1) is 13.3. The van der Waals surface area contributed by atoms with Gasteiger partial charge in [-0.15, -0.1) is 0 Å². The van der Waals surface area contributed by atoms with E-state index in [1.54, 1.807) is 0 Å². The number of thiocarbonyl (C=S) groups is 1. The molecule has 1 aromatic carbocycles. The maximum absolute atomic E-state index is 5.78. The number of anilines is 1. The van der Waals surface area contributed by atoms with Crippen molar-refractivity contribution in [2.24, 2.45) is 11.7 Å². The normalized spacial score (nSPS) is 20.7. The van der Waals surface area contributed by atoms with Crippen molar-refractivity contribution in [1.29, 1.82) is 0 Å². The molecule has 2 atom stereocenters. The van der Waals surface area contributed by atoms with E-state index in [-0.39, 0.29) is 0 Å². The monoisotopic (exact) mass is 264 g/mol. The first-order chi connectivity index (χ1) is 8.59. The molecule has 1 aromatic rings. The molecule has 2 rings (SSSR count). The number of nitrogens with one attached hydrogen (secondary N) is 1. The molecule has 0 saturated carbocycles. The summed E-state index contributed by atoms with van der Waals surface area (Å²) in [6, 6.07) is 6.39. The molecule has 0 bridgehead atoms. The van der Waals surface area contributed by atoms with Gasteiger partial charge in [-0.1, -0.05) is 24.4 Å². The van der Waals surface area contributed by atoms with Gasteiger partial charge in [0.25, 0.3) is 0 Å².